The van der Waals surface area contributed by atoms with E-state index in [2.05, 4.69) is 20.7 Å². The van der Waals surface area contributed by atoms with Crippen LogP contribution in [0.5, 0.6) is 0 Å². The molecule has 0 atom stereocenters. The molecule has 166 valence electrons. The number of carbonyl (C=O) groups is 1. The molecule has 0 amide bonds. The number of nitrogens with one attached hydrogen (secondary N) is 2. The van der Waals surface area contributed by atoms with Crippen LogP contribution in [0.2, 0.25) is 0 Å². The van der Waals surface area contributed by atoms with Gasteiger partial charge in [-0.05, 0) is 55.5 Å². The molecular formula is C25H24N6O2. The third-order valence-electron chi connectivity index (χ3n) is 4.79. The van der Waals surface area contributed by atoms with E-state index in [9.17, 15) is 4.79 Å². The number of para-hydroxylation sites is 2. The number of nitrogens with zero attached hydrogens (tertiary/aromatic N) is 3. The van der Waals surface area contributed by atoms with E-state index < -0.39 is 0 Å². The summed E-state index contributed by atoms with van der Waals surface area (Å²) in [5.41, 5.74) is 13.1. The minimum absolute atomic E-state index is 0.328. The van der Waals surface area contributed by atoms with E-state index in [0.717, 1.165) is 17.1 Å². The number of aromatic nitrogens is 2. The van der Waals surface area contributed by atoms with Crippen molar-refractivity contribution in [3.05, 3.63) is 96.8 Å². The summed E-state index contributed by atoms with van der Waals surface area (Å²) in [5, 5.41) is 5.08. The van der Waals surface area contributed by atoms with Gasteiger partial charge in [0.25, 0.3) is 0 Å². The van der Waals surface area contributed by atoms with Crippen LogP contribution in [0, 0.1) is 0 Å². The lowest BCUT2D eigenvalue weighted by Crippen LogP contribution is -2.26. The second-order valence-corrected chi connectivity index (χ2v) is 7.03. The molecule has 0 aliphatic rings. The zero-order chi connectivity index (χ0) is 23.0. The number of carbonyl (C=O) groups excluding carboxylic acids is 1. The summed E-state index contributed by atoms with van der Waals surface area (Å²) in [7, 11) is 0. The van der Waals surface area contributed by atoms with Gasteiger partial charge in [-0.1, -0.05) is 36.4 Å². The first kappa shape index (κ1) is 21.6. The first-order chi connectivity index (χ1) is 16.2. The molecule has 4 aromatic rings. The lowest BCUT2D eigenvalue weighted by Gasteiger charge is -2.26. The predicted molar refractivity (Wildman–Crippen MR) is 131 cm³/mol. The number of hydrazine groups is 1. The van der Waals surface area contributed by atoms with Crippen LogP contribution in [0.25, 0.3) is 0 Å². The number of hydrogen-bond acceptors (Lipinski definition) is 8. The Morgan fingerprint density at radius 3 is 2.03 bits per heavy atom. The molecule has 8 heteroatoms. The highest BCUT2D eigenvalue weighted by molar-refractivity contribution is 5.90. The Morgan fingerprint density at radius 2 is 1.45 bits per heavy atom. The van der Waals surface area contributed by atoms with Gasteiger partial charge >= 0.3 is 5.97 Å². The molecule has 4 rings (SSSR count). The zero-order valence-corrected chi connectivity index (χ0v) is 18.1. The normalized spacial score (nSPS) is 10.3. The van der Waals surface area contributed by atoms with Gasteiger partial charge in [-0.25, -0.2) is 14.8 Å². The van der Waals surface area contributed by atoms with Crippen molar-refractivity contribution in [3.8, 4) is 0 Å². The van der Waals surface area contributed by atoms with Gasteiger partial charge in [0.05, 0.1) is 23.5 Å². The molecule has 0 saturated carbocycles. The van der Waals surface area contributed by atoms with Gasteiger partial charge in [0.1, 0.15) is 12.0 Å². The van der Waals surface area contributed by atoms with Crippen molar-refractivity contribution in [2.45, 2.75) is 6.92 Å². The van der Waals surface area contributed by atoms with Crippen LogP contribution in [0.15, 0.2) is 91.3 Å². The van der Waals surface area contributed by atoms with Crippen LogP contribution in [0.3, 0.4) is 0 Å². The molecule has 1 heterocycles. The summed E-state index contributed by atoms with van der Waals surface area (Å²) in [6.07, 6.45) is 1.43. The monoisotopic (exact) mass is 440 g/mol. The molecular weight excluding hydrogens is 416 g/mol. The summed E-state index contributed by atoms with van der Waals surface area (Å²) in [5.74, 6) is 0.528. The van der Waals surface area contributed by atoms with Crippen LogP contribution in [-0.4, -0.2) is 22.5 Å². The van der Waals surface area contributed by atoms with Gasteiger partial charge < -0.3 is 15.8 Å². The van der Waals surface area contributed by atoms with Crippen molar-refractivity contribution < 1.29 is 9.53 Å². The van der Waals surface area contributed by atoms with Crippen molar-refractivity contribution in [3.63, 3.8) is 0 Å². The quantitative estimate of drug-likeness (QED) is 0.255. The summed E-state index contributed by atoms with van der Waals surface area (Å²) < 4.78 is 5.02. The maximum Gasteiger partial charge on any atom is 0.338 e. The predicted octanol–water partition coefficient (Wildman–Crippen LogP) is 5.14. The van der Waals surface area contributed by atoms with E-state index in [-0.39, 0.29) is 5.97 Å². The first-order valence-corrected chi connectivity index (χ1v) is 10.5. The first-order valence-electron chi connectivity index (χ1n) is 10.5. The van der Waals surface area contributed by atoms with Crippen LogP contribution in [0.1, 0.15) is 17.3 Å². The molecule has 0 aliphatic carbocycles. The number of ether oxygens (including phenoxy) is 1. The van der Waals surface area contributed by atoms with Gasteiger partial charge in [0.15, 0.2) is 11.6 Å². The van der Waals surface area contributed by atoms with Crippen LogP contribution < -0.4 is 21.5 Å². The van der Waals surface area contributed by atoms with Crippen LogP contribution in [-0.2, 0) is 4.74 Å². The Kier molecular flexibility index (Phi) is 6.65. The third kappa shape index (κ3) is 5.19. The van der Waals surface area contributed by atoms with Crippen molar-refractivity contribution >= 4 is 40.4 Å². The molecule has 1 aromatic heterocycles. The number of hydrogen-bond donors (Lipinski definition) is 3. The van der Waals surface area contributed by atoms with Crippen LogP contribution in [0.4, 0.5) is 34.4 Å². The largest absolute Gasteiger partial charge is 0.462 e. The number of nitrogens with two attached hydrogens (primary N) is 1. The molecule has 0 aliphatic heterocycles. The second kappa shape index (κ2) is 10.1. The maximum absolute atomic E-state index is 11.9. The van der Waals surface area contributed by atoms with Gasteiger partial charge in [-0.15, -0.1) is 0 Å². The number of rotatable bonds is 8. The molecule has 8 nitrogen and oxygen atoms in total. The van der Waals surface area contributed by atoms with E-state index >= 15 is 0 Å². The Hall–Kier alpha value is -4.59. The highest BCUT2D eigenvalue weighted by Gasteiger charge is 2.15. The zero-order valence-electron chi connectivity index (χ0n) is 18.1. The standard InChI is InChI=1S/C25H24N6O2/c1-2-33-25(32)18-13-15-19(16-14-18)29-23-22(26)24(28-17-27-23)30-31(20-9-5-3-6-10-20)21-11-7-4-8-12-21/h3-17H,2,26H2,1H3,(H2,27,28,29,30). The van der Waals surface area contributed by atoms with E-state index in [1.165, 1.54) is 6.33 Å². The summed E-state index contributed by atoms with van der Waals surface area (Å²) in [6.45, 7) is 2.10. The fourth-order valence-corrected chi connectivity index (χ4v) is 3.16. The molecule has 0 bridgehead atoms. The van der Waals surface area contributed by atoms with Crippen molar-refractivity contribution in [1.29, 1.82) is 0 Å². The fraction of sp³-hybridized carbons (Fsp3) is 0.0800. The van der Waals surface area contributed by atoms with E-state index in [4.69, 9.17) is 10.5 Å². The Bertz CT molecular complexity index is 1160. The molecule has 3 aromatic carbocycles. The van der Waals surface area contributed by atoms with E-state index in [1.54, 1.807) is 31.2 Å². The number of benzene rings is 3. The number of esters is 1. The van der Waals surface area contributed by atoms with Crippen LogP contribution >= 0.6 is 0 Å². The van der Waals surface area contributed by atoms with Gasteiger partial charge in [0.2, 0.25) is 0 Å². The van der Waals surface area contributed by atoms with Crippen molar-refractivity contribution in [2.75, 3.05) is 28.1 Å². The van der Waals surface area contributed by atoms with Gasteiger partial charge in [0, 0.05) is 5.69 Å². The van der Waals surface area contributed by atoms with Crippen molar-refractivity contribution in [2.24, 2.45) is 0 Å². The van der Waals surface area contributed by atoms with E-state index in [1.807, 2.05) is 65.7 Å². The topological polar surface area (TPSA) is 105 Å². The fourth-order valence-electron chi connectivity index (χ4n) is 3.16. The molecule has 33 heavy (non-hydrogen) atoms. The summed E-state index contributed by atoms with van der Waals surface area (Å²) in [4.78, 5) is 20.5. The third-order valence-corrected chi connectivity index (χ3v) is 4.79. The Labute approximate surface area is 192 Å². The van der Waals surface area contributed by atoms with E-state index in [0.29, 0.717) is 29.5 Å². The molecule has 0 saturated heterocycles. The Balaban J connectivity index is 1.58. The smallest absolute Gasteiger partial charge is 0.338 e. The second-order valence-electron chi connectivity index (χ2n) is 7.03. The minimum Gasteiger partial charge on any atom is -0.462 e. The average molecular weight is 441 g/mol. The minimum atomic E-state index is -0.362. The molecule has 0 spiro atoms. The molecule has 4 N–H and O–H groups in total. The number of nitrogen functional groups attached to an aromatic ring is 1. The lowest BCUT2D eigenvalue weighted by atomic mass is 10.2. The average Bonchev–Trinajstić information content (AvgIpc) is 2.86. The van der Waals surface area contributed by atoms with Gasteiger partial charge in [-0.2, -0.15) is 0 Å². The molecule has 0 radical (unpaired) electrons. The molecule has 0 fully saturated rings. The highest BCUT2D eigenvalue weighted by Crippen LogP contribution is 2.30. The Morgan fingerprint density at radius 1 is 0.879 bits per heavy atom. The van der Waals surface area contributed by atoms with Gasteiger partial charge in [-0.3, -0.25) is 10.4 Å². The highest BCUT2D eigenvalue weighted by atomic mass is 16.5. The maximum atomic E-state index is 11.9. The lowest BCUT2D eigenvalue weighted by molar-refractivity contribution is 0.0526. The SMILES string of the molecule is CCOC(=O)c1ccc(Nc2ncnc(NN(c3ccccc3)c3ccccc3)c2N)cc1. The molecule has 0 unspecified atom stereocenters. The number of anilines is 6. The van der Waals surface area contributed by atoms with Crippen molar-refractivity contribution in [1.82, 2.24) is 9.97 Å². The summed E-state index contributed by atoms with van der Waals surface area (Å²) in [6, 6.07) is 26.6. The summed E-state index contributed by atoms with van der Waals surface area (Å²) >= 11 is 0.